The first-order valence-electron chi connectivity index (χ1n) is 10.7. The van der Waals surface area contributed by atoms with Crippen molar-refractivity contribution in [1.82, 2.24) is 21.1 Å². The molecule has 2 aromatic carbocycles. The molecule has 0 bridgehead atoms. The third kappa shape index (κ3) is 3.85. The second-order valence-corrected chi connectivity index (χ2v) is 8.18. The Labute approximate surface area is 186 Å². The Morgan fingerprint density at radius 1 is 1.16 bits per heavy atom. The van der Waals surface area contributed by atoms with Crippen molar-refractivity contribution >= 4 is 11.8 Å². The molecule has 3 unspecified atom stereocenters. The summed E-state index contributed by atoms with van der Waals surface area (Å²) in [5, 5.41) is 3.00. The summed E-state index contributed by atoms with van der Waals surface area (Å²) < 4.78 is 16.1. The van der Waals surface area contributed by atoms with E-state index >= 15 is 0 Å². The number of piperidine rings is 1. The zero-order valence-corrected chi connectivity index (χ0v) is 17.8. The third-order valence-electron chi connectivity index (χ3n) is 6.32. The molecule has 9 heteroatoms. The molecule has 2 fully saturated rings. The van der Waals surface area contributed by atoms with E-state index in [-0.39, 0.29) is 30.6 Å². The number of carbonyl (C=O) groups excluding carboxylic acids is 2. The lowest BCUT2D eigenvalue weighted by atomic mass is 9.87. The van der Waals surface area contributed by atoms with Gasteiger partial charge in [-0.2, -0.15) is 0 Å². The standard InChI is InChI=1S/C23H26N4O5/c1-30-18-5-3-2-4-15(18)23(29)27-9-8-17-16(12-27)21(26-25-17)22(28)24-11-14-6-7-19-20(10-14)32-13-31-19/h2-7,10,16-17,21,25-26H,8-9,11-13H2,1H3,(H,24,28). The lowest BCUT2D eigenvalue weighted by Gasteiger charge is -2.36. The van der Waals surface area contributed by atoms with E-state index in [0.29, 0.717) is 42.4 Å². The maximum atomic E-state index is 13.1. The van der Waals surface area contributed by atoms with Crippen molar-refractivity contribution in [2.45, 2.75) is 25.0 Å². The molecule has 0 radical (unpaired) electrons. The molecular formula is C23H26N4O5. The van der Waals surface area contributed by atoms with E-state index < -0.39 is 6.04 Å². The van der Waals surface area contributed by atoms with Crippen molar-refractivity contribution in [3.8, 4) is 17.2 Å². The predicted molar refractivity (Wildman–Crippen MR) is 115 cm³/mol. The Bertz CT molecular complexity index is 1030. The largest absolute Gasteiger partial charge is 0.496 e. The van der Waals surface area contributed by atoms with Crippen LogP contribution in [0.25, 0.3) is 0 Å². The molecule has 2 saturated heterocycles. The number of hydrogen-bond acceptors (Lipinski definition) is 7. The molecule has 0 saturated carbocycles. The maximum Gasteiger partial charge on any atom is 0.257 e. The molecule has 3 heterocycles. The maximum absolute atomic E-state index is 13.1. The summed E-state index contributed by atoms with van der Waals surface area (Å²) >= 11 is 0. The van der Waals surface area contributed by atoms with E-state index in [9.17, 15) is 9.59 Å². The normalized spacial score (nSPS) is 23.5. The van der Waals surface area contributed by atoms with E-state index in [0.717, 1.165) is 12.0 Å². The predicted octanol–water partition coefficient (Wildman–Crippen LogP) is 1.05. The van der Waals surface area contributed by atoms with Crippen LogP contribution in [-0.4, -0.2) is 55.8 Å². The van der Waals surface area contributed by atoms with Crippen LogP contribution in [0.4, 0.5) is 0 Å². The number of nitrogens with one attached hydrogen (secondary N) is 3. The number of para-hydroxylation sites is 1. The van der Waals surface area contributed by atoms with Crippen molar-refractivity contribution in [3.05, 3.63) is 53.6 Å². The molecule has 2 amide bonds. The molecule has 0 aliphatic carbocycles. The Morgan fingerprint density at radius 2 is 2.00 bits per heavy atom. The lowest BCUT2D eigenvalue weighted by Crippen LogP contribution is -2.51. The lowest BCUT2D eigenvalue weighted by molar-refractivity contribution is -0.124. The molecule has 3 N–H and O–H groups in total. The second-order valence-electron chi connectivity index (χ2n) is 8.18. The number of amides is 2. The smallest absolute Gasteiger partial charge is 0.257 e. The monoisotopic (exact) mass is 438 g/mol. The zero-order valence-electron chi connectivity index (χ0n) is 17.8. The zero-order chi connectivity index (χ0) is 22.1. The summed E-state index contributed by atoms with van der Waals surface area (Å²) in [6, 6.07) is 12.6. The van der Waals surface area contributed by atoms with E-state index in [1.165, 1.54) is 0 Å². The molecule has 32 heavy (non-hydrogen) atoms. The number of nitrogens with zero attached hydrogens (tertiary/aromatic N) is 1. The number of rotatable bonds is 5. The van der Waals surface area contributed by atoms with Gasteiger partial charge in [-0.1, -0.05) is 18.2 Å². The topological polar surface area (TPSA) is 101 Å². The molecule has 5 rings (SSSR count). The van der Waals surface area contributed by atoms with Crippen molar-refractivity contribution in [1.29, 1.82) is 0 Å². The molecule has 2 aromatic rings. The highest BCUT2D eigenvalue weighted by atomic mass is 16.7. The van der Waals surface area contributed by atoms with Gasteiger partial charge in [0.1, 0.15) is 11.8 Å². The van der Waals surface area contributed by atoms with Gasteiger partial charge in [0.15, 0.2) is 11.5 Å². The van der Waals surface area contributed by atoms with Crippen LogP contribution < -0.4 is 30.4 Å². The van der Waals surface area contributed by atoms with Gasteiger partial charge in [-0.25, -0.2) is 5.43 Å². The number of carbonyl (C=O) groups is 2. The summed E-state index contributed by atoms with van der Waals surface area (Å²) in [5.41, 5.74) is 7.83. The molecule has 9 nitrogen and oxygen atoms in total. The minimum atomic E-state index is -0.428. The summed E-state index contributed by atoms with van der Waals surface area (Å²) in [5.74, 6) is 1.75. The first-order chi connectivity index (χ1) is 15.6. The van der Waals surface area contributed by atoms with Crippen molar-refractivity contribution in [2.75, 3.05) is 27.0 Å². The van der Waals surface area contributed by atoms with Gasteiger partial charge in [0.05, 0.1) is 12.7 Å². The van der Waals surface area contributed by atoms with Gasteiger partial charge in [-0.3, -0.25) is 15.0 Å². The van der Waals surface area contributed by atoms with Gasteiger partial charge in [0, 0.05) is 31.6 Å². The Balaban J connectivity index is 1.23. The Morgan fingerprint density at radius 3 is 2.88 bits per heavy atom. The van der Waals surface area contributed by atoms with Crippen LogP contribution in [0.3, 0.4) is 0 Å². The van der Waals surface area contributed by atoms with Gasteiger partial charge in [-0.05, 0) is 36.2 Å². The van der Waals surface area contributed by atoms with Crippen LogP contribution >= 0.6 is 0 Å². The van der Waals surface area contributed by atoms with Crippen LogP contribution in [0.1, 0.15) is 22.3 Å². The molecule has 0 aromatic heterocycles. The highest BCUT2D eigenvalue weighted by molar-refractivity contribution is 5.97. The highest BCUT2D eigenvalue weighted by Crippen LogP contribution is 2.32. The summed E-state index contributed by atoms with van der Waals surface area (Å²) in [4.78, 5) is 27.9. The summed E-state index contributed by atoms with van der Waals surface area (Å²) in [6.45, 7) is 1.72. The van der Waals surface area contributed by atoms with Gasteiger partial charge in [0.2, 0.25) is 12.7 Å². The average molecular weight is 438 g/mol. The van der Waals surface area contributed by atoms with Crippen LogP contribution in [0, 0.1) is 5.92 Å². The van der Waals surface area contributed by atoms with Crippen molar-refractivity contribution in [2.24, 2.45) is 5.92 Å². The fourth-order valence-corrected chi connectivity index (χ4v) is 4.59. The Kier molecular flexibility index (Phi) is 5.59. The number of hydrogen-bond donors (Lipinski definition) is 3. The minimum Gasteiger partial charge on any atom is -0.496 e. The minimum absolute atomic E-state index is 0.0286. The molecule has 0 spiro atoms. The van der Waals surface area contributed by atoms with Gasteiger partial charge >= 0.3 is 0 Å². The number of methoxy groups -OCH3 is 1. The molecular weight excluding hydrogens is 412 g/mol. The fraction of sp³-hybridized carbons (Fsp3) is 0.391. The quantitative estimate of drug-likeness (QED) is 0.642. The third-order valence-corrected chi connectivity index (χ3v) is 6.32. The number of likely N-dealkylation sites (tertiary alicyclic amines) is 1. The first-order valence-corrected chi connectivity index (χ1v) is 10.7. The molecule has 3 aliphatic rings. The number of hydrazine groups is 1. The van der Waals surface area contributed by atoms with E-state index in [1.54, 1.807) is 19.2 Å². The first kappa shape index (κ1) is 20.6. The van der Waals surface area contributed by atoms with Crippen molar-refractivity contribution in [3.63, 3.8) is 0 Å². The number of ether oxygens (including phenoxy) is 3. The van der Waals surface area contributed by atoms with Crippen LogP contribution in [-0.2, 0) is 11.3 Å². The van der Waals surface area contributed by atoms with E-state index in [2.05, 4.69) is 16.2 Å². The van der Waals surface area contributed by atoms with Gasteiger partial charge in [-0.15, -0.1) is 0 Å². The average Bonchev–Trinajstić information content (AvgIpc) is 3.48. The van der Waals surface area contributed by atoms with Crippen LogP contribution in [0.2, 0.25) is 0 Å². The second kappa shape index (κ2) is 8.68. The number of fused-ring (bicyclic) bond motifs is 2. The highest BCUT2D eigenvalue weighted by Gasteiger charge is 2.44. The van der Waals surface area contributed by atoms with Crippen LogP contribution in [0.5, 0.6) is 17.2 Å². The Hall–Kier alpha value is -3.30. The summed E-state index contributed by atoms with van der Waals surface area (Å²) in [7, 11) is 1.56. The van der Waals surface area contributed by atoms with Gasteiger partial charge in [0.25, 0.3) is 5.91 Å². The van der Waals surface area contributed by atoms with Gasteiger partial charge < -0.3 is 24.4 Å². The molecule has 168 valence electrons. The fourth-order valence-electron chi connectivity index (χ4n) is 4.59. The number of benzene rings is 2. The molecule has 3 atom stereocenters. The SMILES string of the molecule is COc1ccccc1C(=O)N1CCC2NNC(C(=O)NCc3ccc4c(c3)OCO4)C2C1. The van der Waals surface area contributed by atoms with E-state index in [4.69, 9.17) is 14.2 Å². The molecule has 3 aliphatic heterocycles. The van der Waals surface area contributed by atoms with Crippen molar-refractivity contribution < 1.29 is 23.8 Å². The van der Waals surface area contributed by atoms with Crippen LogP contribution in [0.15, 0.2) is 42.5 Å². The summed E-state index contributed by atoms with van der Waals surface area (Å²) in [6.07, 6.45) is 0.768. The van der Waals surface area contributed by atoms with E-state index in [1.807, 2.05) is 35.2 Å².